The van der Waals surface area contributed by atoms with Gasteiger partial charge in [0.2, 0.25) is 15.9 Å². The van der Waals surface area contributed by atoms with E-state index >= 15 is 0 Å². The Morgan fingerprint density at radius 1 is 1.30 bits per heavy atom. The molecule has 0 aromatic carbocycles. The highest BCUT2D eigenvalue weighted by molar-refractivity contribution is 7.89. The number of carboxylic acid groups (broad SMARTS) is 1. The molecule has 2 aliphatic rings. The maximum atomic E-state index is 12.8. The molecule has 2 fully saturated rings. The largest absolute Gasteiger partial charge is 0.481 e. The predicted molar refractivity (Wildman–Crippen MR) is 94.4 cm³/mol. The van der Waals surface area contributed by atoms with Gasteiger partial charge >= 0.3 is 5.97 Å². The van der Waals surface area contributed by atoms with Crippen molar-refractivity contribution in [2.24, 2.45) is 5.92 Å². The molecular weight excluding hydrogens is 374 g/mol. The molecule has 0 bridgehead atoms. The van der Waals surface area contributed by atoms with Crippen LogP contribution in [0.5, 0.6) is 0 Å². The summed E-state index contributed by atoms with van der Waals surface area (Å²) >= 11 is 0. The first-order valence-electron chi connectivity index (χ1n) is 9.11. The van der Waals surface area contributed by atoms with E-state index in [0.29, 0.717) is 31.4 Å². The number of hydrogen-bond donors (Lipinski definition) is 2. The van der Waals surface area contributed by atoms with Crippen molar-refractivity contribution in [3.8, 4) is 0 Å². The minimum absolute atomic E-state index is 0.0714. The molecule has 2 N–H and O–H groups in total. The fourth-order valence-electron chi connectivity index (χ4n) is 3.93. The molecule has 1 saturated carbocycles. The van der Waals surface area contributed by atoms with Crippen LogP contribution in [0.3, 0.4) is 0 Å². The van der Waals surface area contributed by atoms with Crippen molar-refractivity contribution >= 4 is 21.9 Å². The van der Waals surface area contributed by atoms with Crippen LogP contribution < -0.4 is 5.32 Å². The number of aliphatic carboxylic acids is 1. The van der Waals surface area contributed by atoms with Crippen molar-refractivity contribution in [2.75, 3.05) is 13.1 Å². The second kappa shape index (κ2) is 7.23. The van der Waals surface area contributed by atoms with Crippen LogP contribution in [-0.2, 0) is 19.6 Å². The van der Waals surface area contributed by atoms with E-state index in [-0.39, 0.29) is 42.0 Å². The molecule has 1 saturated heterocycles. The number of carbonyl (C=O) groups excluding carboxylic acids is 1. The quantitative estimate of drug-likeness (QED) is 0.735. The van der Waals surface area contributed by atoms with Crippen LogP contribution in [0.4, 0.5) is 0 Å². The summed E-state index contributed by atoms with van der Waals surface area (Å²) < 4.78 is 32.0. The first kappa shape index (κ1) is 19.8. The van der Waals surface area contributed by atoms with Crippen LogP contribution in [-0.4, -0.2) is 53.5 Å². The molecule has 0 atom stereocenters. The summed E-state index contributed by atoms with van der Waals surface area (Å²) in [5.74, 6) is -1.15. The number of sulfonamides is 1. The van der Waals surface area contributed by atoms with Crippen molar-refractivity contribution in [1.29, 1.82) is 0 Å². The number of hydrogen-bond acceptors (Lipinski definition) is 6. The number of nitrogens with one attached hydrogen (secondary N) is 1. The molecule has 0 radical (unpaired) electrons. The molecule has 1 aromatic heterocycles. The third-order valence-corrected chi connectivity index (χ3v) is 7.72. The van der Waals surface area contributed by atoms with Gasteiger partial charge in [-0.05, 0) is 46.0 Å². The van der Waals surface area contributed by atoms with E-state index in [2.05, 4.69) is 10.5 Å². The van der Waals surface area contributed by atoms with Gasteiger partial charge in [0.15, 0.2) is 5.76 Å². The molecule has 3 rings (SSSR count). The SMILES string of the molecule is Cc1noc(C)c1S(=O)(=O)N1CCC(C(=O)NC2(CC(=O)O)CCC2)CC1. The molecule has 2 heterocycles. The Balaban J connectivity index is 1.62. The van der Waals surface area contributed by atoms with Gasteiger partial charge in [-0.15, -0.1) is 0 Å². The fourth-order valence-corrected chi connectivity index (χ4v) is 5.69. The first-order chi connectivity index (χ1) is 12.6. The zero-order valence-corrected chi connectivity index (χ0v) is 16.3. The Morgan fingerprint density at radius 3 is 2.37 bits per heavy atom. The minimum Gasteiger partial charge on any atom is -0.481 e. The van der Waals surface area contributed by atoms with E-state index in [0.717, 1.165) is 6.42 Å². The van der Waals surface area contributed by atoms with Crippen molar-refractivity contribution in [1.82, 2.24) is 14.8 Å². The molecule has 10 heteroatoms. The third-order valence-electron chi connectivity index (χ3n) is 5.58. The lowest BCUT2D eigenvalue weighted by Gasteiger charge is -2.43. The van der Waals surface area contributed by atoms with Crippen LogP contribution in [0.1, 0.15) is 50.0 Å². The normalized spacial score (nSPS) is 20.8. The summed E-state index contributed by atoms with van der Waals surface area (Å²) in [5.41, 5.74) is -0.309. The lowest BCUT2D eigenvalue weighted by molar-refractivity contribution is -0.141. The lowest BCUT2D eigenvalue weighted by atomic mass is 9.74. The highest BCUT2D eigenvalue weighted by atomic mass is 32.2. The van der Waals surface area contributed by atoms with E-state index in [1.54, 1.807) is 13.8 Å². The molecule has 1 aliphatic heterocycles. The highest BCUT2D eigenvalue weighted by Crippen LogP contribution is 2.36. The number of aromatic nitrogens is 1. The maximum Gasteiger partial charge on any atom is 0.305 e. The Bertz CT molecular complexity index is 815. The van der Waals surface area contributed by atoms with Crippen LogP contribution in [0.25, 0.3) is 0 Å². The van der Waals surface area contributed by atoms with E-state index in [1.165, 1.54) is 4.31 Å². The van der Waals surface area contributed by atoms with Gasteiger partial charge < -0.3 is 14.9 Å². The van der Waals surface area contributed by atoms with Crippen LogP contribution >= 0.6 is 0 Å². The van der Waals surface area contributed by atoms with Crippen LogP contribution in [0.15, 0.2) is 9.42 Å². The fraction of sp³-hybridized carbons (Fsp3) is 0.706. The van der Waals surface area contributed by atoms with Crippen molar-refractivity contribution < 1.29 is 27.6 Å². The van der Waals surface area contributed by atoms with Gasteiger partial charge in [0.25, 0.3) is 0 Å². The molecule has 1 aliphatic carbocycles. The second-order valence-corrected chi connectivity index (χ2v) is 9.40. The minimum atomic E-state index is -3.71. The molecular formula is C17H25N3O6S. The Kier molecular flexibility index (Phi) is 5.31. The average Bonchev–Trinajstić information content (AvgIpc) is 2.91. The standard InChI is InChI=1S/C17H25N3O6S/c1-11-15(12(2)26-19-11)27(24,25)20-8-4-13(5-9-20)16(23)18-17(6-3-7-17)10-14(21)22/h13H,3-10H2,1-2H3,(H,18,23)(H,21,22). The van der Waals surface area contributed by atoms with E-state index < -0.39 is 21.5 Å². The van der Waals surface area contributed by atoms with Crippen molar-refractivity contribution in [2.45, 2.75) is 62.8 Å². The number of aryl methyl sites for hydroxylation is 2. The van der Waals surface area contributed by atoms with E-state index in [4.69, 9.17) is 9.63 Å². The Hall–Kier alpha value is -1.94. The molecule has 27 heavy (non-hydrogen) atoms. The number of carbonyl (C=O) groups is 2. The number of piperidine rings is 1. The molecule has 150 valence electrons. The molecule has 1 aromatic rings. The zero-order valence-electron chi connectivity index (χ0n) is 15.5. The molecule has 0 unspecified atom stereocenters. The first-order valence-corrected chi connectivity index (χ1v) is 10.6. The molecule has 1 amide bonds. The summed E-state index contributed by atoms with van der Waals surface area (Å²) in [7, 11) is -3.71. The summed E-state index contributed by atoms with van der Waals surface area (Å²) in [4.78, 5) is 23.7. The van der Waals surface area contributed by atoms with Crippen molar-refractivity contribution in [3.63, 3.8) is 0 Å². The highest BCUT2D eigenvalue weighted by Gasteiger charge is 2.42. The number of carboxylic acids is 1. The molecule has 9 nitrogen and oxygen atoms in total. The molecule has 0 spiro atoms. The Labute approximate surface area is 158 Å². The number of nitrogens with zero attached hydrogens (tertiary/aromatic N) is 2. The number of amides is 1. The van der Waals surface area contributed by atoms with Gasteiger partial charge in [-0.2, -0.15) is 4.31 Å². The number of rotatable bonds is 6. The Morgan fingerprint density at radius 2 is 1.93 bits per heavy atom. The summed E-state index contributed by atoms with van der Waals surface area (Å²) in [6, 6.07) is 0. The summed E-state index contributed by atoms with van der Waals surface area (Å²) in [5, 5.41) is 15.7. The van der Waals surface area contributed by atoms with Crippen LogP contribution in [0.2, 0.25) is 0 Å². The van der Waals surface area contributed by atoms with E-state index in [9.17, 15) is 18.0 Å². The smallest absolute Gasteiger partial charge is 0.305 e. The average molecular weight is 399 g/mol. The van der Waals surface area contributed by atoms with Gasteiger partial charge in [-0.3, -0.25) is 9.59 Å². The van der Waals surface area contributed by atoms with Gasteiger partial charge in [0, 0.05) is 19.0 Å². The monoisotopic (exact) mass is 399 g/mol. The van der Waals surface area contributed by atoms with Gasteiger partial charge in [0.1, 0.15) is 10.6 Å². The predicted octanol–water partition coefficient (Wildman–Crippen LogP) is 1.21. The summed E-state index contributed by atoms with van der Waals surface area (Å²) in [6.07, 6.45) is 2.98. The second-order valence-electron chi connectivity index (χ2n) is 7.53. The lowest BCUT2D eigenvalue weighted by Crippen LogP contribution is -2.57. The van der Waals surface area contributed by atoms with Gasteiger partial charge in [0.05, 0.1) is 12.0 Å². The van der Waals surface area contributed by atoms with Crippen LogP contribution in [0, 0.1) is 19.8 Å². The van der Waals surface area contributed by atoms with Gasteiger partial charge in [-0.1, -0.05) is 5.16 Å². The van der Waals surface area contributed by atoms with Gasteiger partial charge in [-0.25, -0.2) is 8.42 Å². The summed E-state index contributed by atoms with van der Waals surface area (Å²) in [6.45, 7) is 3.62. The van der Waals surface area contributed by atoms with Crippen molar-refractivity contribution in [3.05, 3.63) is 11.5 Å². The zero-order chi connectivity index (χ0) is 19.8. The topological polar surface area (TPSA) is 130 Å². The maximum absolute atomic E-state index is 12.8. The van der Waals surface area contributed by atoms with E-state index in [1.807, 2.05) is 0 Å². The third kappa shape index (κ3) is 3.86.